The summed E-state index contributed by atoms with van der Waals surface area (Å²) in [7, 11) is -2.51. The molecule has 0 spiro atoms. The number of hydrogen-bond acceptors (Lipinski definition) is 4. The Balaban J connectivity index is 4.42. The van der Waals surface area contributed by atoms with E-state index in [4.69, 9.17) is 19.9 Å². The van der Waals surface area contributed by atoms with Crippen LogP contribution in [0.2, 0.25) is 6.04 Å². The Morgan fingerprint density at radius 3 is 1.86 bits per heavy atom. The van der Waals surface area contributed by atoms with Crippen LogP contribution < -0.4 is 0 Å². The van der Waals surface area contributed by atoms with E-state index < -0.39 is 8.80 Å². The van der Waals surface area contributed by atoms with Crippen molar-refractivity contribution in [2.45, 2.75) is 53.0 Å². The minimum absolute atomic E-state index is 0.578. The second-order valence-corrected chi connectivity index (χ2v) is 7.89. The van der Waals surface area contributed by atoms with E-state index in [1.54, 1.807) is 0 Å². The first-order valence-electron chi connectivity index (χ1n) is 8.65. The summed E-state index contributed by atoms with van der Waals surface area (Å²) >= 11 is 0. The second-order valence-electron chi connectivity index (χ2n) is 5.16. The van der Waals surface area contributed by atoms with E-state index in [1.165, 1.54) is 12.8 Å². The van der Waals surface area contributed by atoms with E-state index in [9.17, 15) is 0 Å². The maximum atomic E-state index is 6.96. The normalized spacial score (nSPS) is 11.8. The highest BCUT2D eigenvalue weighted by molar-refractivity contribution is 6.60. The molecule has 0 aliphatic carbocycles. The van der Waals surface area contributed by atoms with E-state index in [0.29, 0.717) is 26.4 Å². The molecule has 22 heavy (non-hydrogen) atoms. The highest BCUT2D eigenvalue weighted by Crippen LogP contribution is 2.18. The molecule has 5 nitrogen and oxygen atoms in total. The smallest absolute Gasteiger partial charge is 0.374 e. The summed E-state index contributed by atoms with van der Waals surface area (Å²) in [5.74, 6) is 0. The molecule has 0 aromatic carbocycles. The average molecular weight is 331 g/mol. The predicted octanol–water partition coefficient (Wildman–Crippen LogP) is 3.45. The van der Waals surface area contributed by atoms with Gasteiger partial charge in [0.05, 0.1) is 6.54 Å². The average Bonchev–Trinajstić information content (AvgIpc) is 2.50. The third kappa shape index (κ3) is 9.54. The van der Waals surface area contributed by atoms with Gasteiger partial charge in [-0.3, -0.25) is 4.90 Å². The first kappa shape index (κ1) is 21.5. The van der Waals surface area contributed by atoms with Crippen molar-refractivity contribution in [1.82, 2.24) is 4.90 Å². The summed E-state index contributed by atoms with van der Waals surface area (Å²) in [6.45, 7) is 20.5. The van der Waals surface area contributed by atoms with Crippen LogP contribution in [0, 0.1) is 6.57 Å². The van der Waals surface area contributed by atoms with Crippen molar-refractivity contribution in [1.29, 1.82) is 0 Å². The Morgan fingerprint density at radius 2 is 1.41 bits per heavy atom. The van der Waals surface area contributed by atoms with Crippen LogP contribution in [0.1, 0.15) is 47.0 Å². The SMILES string of the molecule is [C-]#[N+]CCN(CCCC)CCC[Si](OCC)(OCC)OCC. The van der Waals surface area contributed by atoms with Crippen LogP contribution in [0.4, 0.5) is 0 Å². The minimum Gasteiger partial charge on any atom is -0.374 e. The predicted molar refractivity (Wildman–Crippen MR) is 92.9 cm³/mol. The highest BCUT2D eigenvalue weighted by atomic mass is 28.4. The summed E-state index contributed by atoms with van der Waals surface area (Å²) in [4.78, 5) is 5.85. The maximum absolute atomic E-state index is 6.96. The lowest BCUT2D eigenvalue weighted by Gasteiger charge is -2.29. The standard InChI is InChI=1S/C16H34N2O3Si/c1-6-10-13-18(15-12-17-5)14-11-16-22(19-7-2,20-8-3)21-9-4/h6-16H2,1-4H3. The van der Waals surface area contributed by atoms with E-state index in [0.717, 1.165) is 32.1 Å². The van der Waals surface area contributed by atoms with Crippen molar-refractivity contribution in [2.24, 2.45) is 0 Å². The minimum atomic E-state index is -2.51. The molecule has 0 amide bonds. The Hall–Kier alpha value is -0.453. The molecule has 0 aromatic rings. The third-order valence-electron chi connectivity index (χ3n) is 3.41. The van der Waals surface area contributed by atoms with Crippen molar-refractivity contribution in [3.63, 3.8) is 0 Å². The van der Waals surface area contributed by atoms with Gasteiger partial charge in [-0.05, 0) is 46.7 Å². The van der Waals surface area contributed by atoms with Gasteiger partial charge < -0.3 is 18.1 Å². The number of rotatable bonds is 15. The molecule has 0 N–H and O–H groups in total. The van der Waals surface area contributed by atoms with Crippen molar-refractivity contribution in [3.8, 4) is 0 Å². The van der Waals surface area contributed by atoms with E-state index in [-0.39, 0.29) is 0 Å². The van der Waals surface area contributed by atoms with Crippen LogP contribution in [0.3, 0.4) is 0 Å². The van der Waals surface area contributed by atoms with E-state index in [1.807, 2.05) is 20.8 Å². The van der Waals surface area contributed by atoms with Crippen LogP contribution in [0.15, 0.2) is 0 Å². The van der Waals surface area contributed by atoms with E-state index >= 15 is 0 Å². The molecule has 130 valence electrons. The van der Waals surface area contributed by atoms with Gasteiger partial charge in [-0.25, -0.2) is 6.57 Å². The molecule has 0 saturated heterocycles. The summed E-state index contributed by atoms with van der Waals surface area (Å²) in [6.07, 6.45) is 3.36. The lowest BCUT2D eigenvalue weighted by atomic mass is 10.3. The summed E-state index contributed by atoms with van der Waals surface area (Å²) in [5.41, 5.74) is 0. The topological polar surface area (TPSA) is 35.3 Å². The molecule has 0 radical (unpaired) electrons. The van der Waals surface area contributed by atoms with Crippen LogP contribution >= 0.6 is 0 Å². The molecule has 0 heterocycles. The van der Waals surface area contributed by atoms with Crippen LogP contribution in [0.5, 0.6) is 0 Å². The van der Waals surface area contributed by atoms with Crippen LogP contribution in [-0.4, -0.2) is 59.7 Å². The lowest BCUT2D eigenvalue weighted by molar-refractivity contribution is 0.0699. The lowest BCUT2D eigenvalue weighted by Crippen LogP contribution is -2.46. The molecule has 0 fully saturated rings. The van der Waals surface area contributed by atoms with Gasteiger partial charge in [0.1, 0.15) is 0 Å². The Kier molecular flexibility index (Phi) is 13.9. The largest absolute Gasteiger partial charge is 0.500 e. The van der Waals surface area contributed by atoms with Gasteiger partial charge in [-0.1, -0.05) is 13.3 Å². The Bertz CT molecular complexity index is 281. The van der Waals surface area contributed by atoms with Crippen molar-refractivity contribution in [3.05, 3.63) is 11.4 Å². The van der Waals surface area contributed by atoms with Crippen LogP contribution in [-0.2, 0) is 13.3 Å². The fraction of sp³-hybridized carbons (Fsp3) is 0.938. The quantitative estimate of drug-likeness (QED) is 0.340. The summed E-state index contributed by atoms with van der Waals surface area (Å²) < 4.78 is 17.6. The molecule has 6 heteroatoms. The zero-order valence-corrected chi connectivity index (χ0v) is 15.9. The third-order valence-corrected chi connectivity index (χ3v) is 6.56. The molecule has 0 bridgehead atoms. The molecule has 0 saturated carbocycles. The zero-order valence-electron chi connectivity index (χ0n) is 14.9. The van der Waals surface area contributed by atoms with Gasteiger partial charge in [0.2, 0.25) is 6.54 Å². The number of nitrogens with zero attached hydrogens (tertiary/aromatic N) is 2. The van der Waals surface area contributed by atoms with Gasteiger partial charge in [-0.15, -0.1) is 0 Å². The van der Waals surface area contributed by atoms with Gasteiger partial charge >= 0.3 is 8.80 Å². The fourth-order valence-corrected chi connectivity index (χ4v) is 5.02. The van der Waals surface area contributed by atoms with Gasteiger partial charge in [0.25, 0.3) is 0 Å². The van der Waals surface area contributed by atoms with Gasteiger partial charge in [0, 0.05) is 25.9 Å². The summed E-state index contributed by atoms with van der Waals surface area (Å²) in [6, 6.07) is 0.850. The molecule has 0 aliphatic rings. The van der Waals surface area contributed by atoms with Gasteiger partial charge in [0.15, 0.2) is 0 Å². The van der Waals surface area contributed by atoms with Gasteiger partial charge in [-0.2, -0.15) is 0 Å². The highest BCUT2D eigenvalue weighted by Gasteiger charge is 2.39. The monoisotopic (exact) mass is 330 g/mol. The first-order chi connectivity index (χ1) is 10.7. The molecular formula is C16H34N2O3Si. The fourth-order valence-electron chi connectivity index (χ4n) is 2.43. The molecule has 0 aliphatic heterocycles. The van der Waals surface area contributed by atoms with E-state index in [2.05, 4.69) is 16.7 Å². The maximum Gasteiger partial charge on any atom is 0.500 e. The van der Waals surface area contributed by atoms with Crippen LogP contribution in [0.25, 0.3) is 4.85 Å². The van der Waals surface area contributed by atoms with Crippen molar-refractivity contribution >= 4 is 8.80 Å². The molecule has 0 rings (SSSR count). The molecule has 0 atom stereocenters. The zero-order chi connectivity index (χ0) is 16.7. The number of hydrogen-bond donors (Lipinski definition) is 0. The molecular weight excluding hydrogens is 296 g/mol. The molecule has 0 unspecified atom stereocenters. The Morgan fingerprint density at radius 1 is 0.864 bits per heavy atom. The molecule has 0 aromatic heterocycles. The van der Waals surface area contributed by atoms with Crippen molar-refractivity contribution < 1.29 is 13.3 Å². The first-order valence-corrected chi connectivity index (χ1v) is 10.6. The second kappa shape index (κ2) is 14.2. The van der Waals surface area contributed by atoms with Crippen molar-refractivity contribution in [2.75, 3.05) is 46.0 Å². The number of unbranched alkanes of at least 4 members (excludes halogenated alkanes) is 1. The summed E-state index contributed by atoms with van der Waals surface area (Å²) in [5, 5.41) is 0. The Labute approximate surface area is 138 Å².